The van der Waals surface area contributed by atoms with Gasteiger partial charge in [-0.1, -0.05) is 0 Å². The average molecular weight is 486 g/mol. The fraction of sp³-hybridized carbons (Fsp3) is 0. The molecule has 0 N–H and O–H groups in total. The van der Waals surface area contributed by atoms with Gasteiger partial charge in [-0.3, -0.25) is 0 Å². The number of hydrogen-bond acceptors (Lipinski definition) is 5. The Balaban J connectivity index is 1.98. The molecule has 0 atom stereocenters. The van der Waals surface area contributed by atoms with Gasteiger partial charge in [-0.2, -0.15) is 0 Å². The highest BCUT2D eigenvalue weighted by Crippen LogP contribution is 2.32. The minimum absolute atomic E-state index is 0.594. The molecule has 0 aliphatic carbocycles. The fourth-order valence-corrected chi connectivity index (χ4v) is 4.37. The number of hydrogen-bond donors (Lipinski definition) is 0. The lowest BCUT2D eigenvalue weighted by Crippen LogP contribution is -1.71. The van der Waals surface area contributed by atoms with E-state index in [0.29, 0.717) is 11.8 Å². The van der Waals surface area contributed by atoms with Crippen LogP contribution in [0, 0.1) is 5.77 Å². The Hall–Kier alpha value is -0.000000000000000111. The van der Waals surface area contributed by atoms with Crippen LogP contribution < -0.4 is 0 Å². The normalized spacial score (nSPS) is 10.9. The summed E-state index contributed by atoms with van der Waals surface area (Å²) in [4.78, 5) is 2.03. The molecule has 7 heteroatoms. The lowest BCUT2D eigenvalue weighted by atomic mass is 10.5. The second-order valence-electron chi connectivity index (χ2n) is 3.12. The molecule has 0 aliphatic heterocycles. The second-order valence-corrected chi connectivity index (χ2v) is 9.08. The maximum atomic E-state index is 5.67. The number of thiophene rings is 2. The van der Waals surface area contributed by atoms with Crippen molar-refractivity contribution in [1.29, 1.82) is 0 Å². The molecule has 0 spiro atoms. The highest BCUT2D eigenvalue weighted by Gasteiger charge is 2.13. The monoisotopic (exact) mass is 486 g/mol. The first-order chi connectivity index (χ1) is 8.22. The molecule has 0 saturated heterocycles. The molecule has 0 fully saturated rings. The number of halogens is 2. The van der Waals surface area contributed by atoms with E-state index in [0.717, 1.165) is 9.75 Å². The fourth-order valence-electron chi connectivity index (χ4n) is 1.28. The van der Waals surface area contributed by atoms with Gasteiger partial charge in [0.05, 0.1) is 15.5 Å². The third-order valence-corrected chi connectivity index (χ3v) is 5.76. The van der Waals surface area contributed by atoms with E-state index in [4.69, 9.17) is 4.42 Å². The Labute approximate surface area is 133 Å². The van der Waals surface area contributed by atoms with E-state index in [1.54, 1.807) is 22.7 Å². The van der Waals surface area contributed by atoms with Crippen LogP contribution in [0.2, 0.25) is 0 Å². The zero-order chi connectivity index (χ0) is 11.8. The van der Waals surface area contributed by atoms with E-state index in [1.165, 1.54) is 5.77 Å². The third-order valence-electron chi connectivity index (χ3n) is 1.99. The van der Waals surface area contributed by atoms with Crippen LogP contribution in [-0.4, -0.2) is 10.2 Å². The summed E-state index contributed by atoms with van der Waals surface area (Å²) < 4.78 is 8.10. The summed E-state index contributed by atoms with van der Waals surface area (Å²) in [6, 6.07) is 8.08. The van der Waals surface area contributed by atoms with Gasteiger partial charge in [0.25, 0.3) is 11.8 Å². The van der Waals surface area contributed by atoms with Gasteiger partial charge in [-0.05, 0) is 69.4 Å². The lowest BCUT2D eigenvalue weighted by molar-refractivity contribution is 0.587. The van der Waals surface area contributed by atoms with Crippen molar-refractivity contribution in [1.82, 2.24) is 10.2 Å². The number of rotatable bonds is 2. The Morgan fingerprint density at radius 3 is 1.65 bits per heavy atom. The maximum absolute atomic E-state index is 5.67. The SMILES string of the molecule is Ic1ccc(-c2nnc(-c3ccc(I)s3)o2)s1. The molecular formula is C10H4I2N2OS2. The molecule has 3 aromatic heterocycles. The van der Waals surface area contributed by atoms with E-state index in [-0.39, 0.29) is 0 Å². The summed E-state index contributed by atoms with van der Waals surface area (Å²) in [5, 5.41) is 8.16. The largest absolute Gasteiger partial charge is 0.414 e. The van der Waals surface area contributed by atoms with Crippen molar-refractivity contribution in [3.63, 3.8) is 0 Å². The first-order valence-corrected chi connectivity index (χ1v) is 8.36. The van der Waals surface area contributed by atoms with Crippen molar-refractivity contribution in [2.24, 2.45) is 0 Å². The standard InChI is InChI=1S/C10H4I2N2OS2/c11-7-3-1-5(16-7)9-13-14-10(15-9)6-2-4-8(12)17-6/h1-4H. The van der Waals surface area contributed by atoms with Gasteiger partial charge in [0, 0.05) is 0 Å². The van der Waals surface area contributed by atoms with E-state index < -0.39 is 0 Å². The van der Waals surface area contributed by atoms with Crippen LogP contribution in [0.3, 0.4) is 0 Å². The predicted molar refractivity (Wildman–Crippen MR) is 86.4 cm³/mol. The minimum Gasteiger partial charge on any atom is -0.414 e. The van der Waals surface area contributed by atoms with Crippen LogP contribution in [0.15, 0.2) is 28.7 Å². The van der Waals surface area contributed by atoms with Gasteiger partial charge in [0.15, 0.2) is 0 Å². The predicted octanol–water partition coefficient (Wildman–Crippen LogP) is 4.74. The van der Waals surface area contributed by atoms with Gasteiger partial charge in [-0.15, -0.1) is 32.9 Å². The first-order valence-electron chi connectivity index (χ1n) is 4.57. The first kappa shape index (κ1) is 12.1. The zero-order valence-electron chi connectivity index (χ0n) is 8.18. The maximum Gasteiger partial charge on any atom is 0.258 e. The molecule has 0 amide bonds. The van der Waals surface area contributed by atoms with Crippen LogP contribution in [-0.2, 0) is 0 Å². The molecule has 0 aliphatic rings. The molecule has 3 heterocycles. The molecule has 0 bridgehead atoms. The summed E-state index contributed by atoms with van der Waals surface area (Å²) in [6.07, 6.45) is 0. The van der Waals surface area contributed by atoms with Crippen molar-refractivity contribution in [3.05, 3.63) is 30.0 Å². The molecule has 3 rings (SSSR count). The van der Waals surface area contributed by atoms with Crippen LogP contribution in [0.4, 0.5) is 0 Å². The van der Waals surface area contributed by atoms with Crippen LogP contribution in [0.5, 0.6) is 0 Å². The number of aromatic nitrogens is 2. The van der Waals surface area contributed by atoms with E-state index in [1.807, 2.05) is 24.3 Å². The molecule has 86 valence electrons. The van der Waals surface area contributed by atoms with Gasteiger partial charge in [0.2, 0.25) is 0 Å². The Bertz CT molecular complexity index is 604. The number of nitrogens with zero attached hydrogens (tertiary/aromatic N) is 2. The summed E-state index contributed by atoms with van der Waals surface area (Å²) in [6.45, 7) is 0. The topological polar surface area (TPSA) is 38.9 Å². The molecule has 0 unspecified atom stereocenters. The van der Waals surface area contributed by atoms with E-state index in [9.17, 15) is 0 Å². The van der Waals surface area contributed by atoms with Crippen molar-refractivity contribution in [2.45, 2.75) is 0 Å². The average Bonchev–Trinajstić information content (AvgIpc) is 2.96. The van der Waals surface area contributed by atoms with Gasteiger partial charge in [0.1, 0.15) is 0 Å². The lowest BCUT2D eigenvalue weighted by Gasteiger charge is -1.86. The molecule has 3 nitrogen and oxygen atoms in total. The molecule has 3 aromatic rings. The van der Waals surface area contributed by atoms with Crippen molar-refractivity contribution >= 4 is 67.9 Å². The van der Waals surface area contributed by atoms with Crippen LogP contribution in [0.25, 0.3) is 21.5 Å². The molecular weight excluding hydrogens is 482 g/mol. The minimum atomic E-state index is 0.594. The van der Waals surface area contributed by atoms with E-state index >= 15 is 0 Å². The summed E-state index contributed by atoms with van der Waals surface area (Å²) in [7, 11) is 0. The summed E-state index contributed by atoms with van der Waals surface area (Å²) in [5.41, 5.74) is 0. The zero-order valence-corrected chi connectivity index (χ0v) is 14.1. The molecule has 0 radical (unpaired) electrons. The van der Waals surface area contributed by atoms with Crippen LogP contribution >= 0.6 is 67.9 Å². The molecule has 0 aromatic carbocycles. The van der Waals surface area contributed by atoms with Gasteiger partial charge in [-0.25, -0.2) is 0 Å². The highest BCUT2D eigenvalue weighted by molar-refractivity contribution is 14.1. The summed E-state index contributed by atoms with van der Waals surface area (Å²) >= 11 is 7.85. The quantitative estimate of drug-likeness (QED) is 0.492. The van der Waals surface area contributed by atoms with Gasteiger partial charge >= 0.3 is 0 Å². The molecule has 17 heavy (non-hydrogen) atoms. The van der Waals surface area contributed by atoms with Crippen molar-refractivity contribution in [2.75, 3.05) is 0 Å². The van der Waals surface area contributed by atoms with Gasteiger partial charge < -0.3 is 4.42 Å². The Morgan fingerprint density at radius 1 is 0.824 bits per heavy atom. The van der Waals surface area contributed by atoms with Crippen molar-refractivity contribution < 1.29 is 4.42 Å². The highest BCUT2D eigenvalue weighted by atomic mass is 127. The molecule has 0 saturated carbocycles. The van der Waals surface area contributed by atoms with E-state index in [2.05, 4.69) is 55.4 Å². The summed E-state index contributed by atoms with van der Waals surface area (Å²) in [5.74, 6) is 1.19. The Kier molecular flexibility index (Phi) is 3.50. The van der Waals surface area contributed by atoms with Crippen molar-refractivity contribution in [3.8, 4) is 21.5 Å². The van der Waals surface area contributed by atoms with Crippen LogP contribution in [0.1, 0.15) is 0 Å². The Morgan fingerprint density at radius 2 is 1.29 bits per heavy atom. The third kappa shape index (κ3) is 2.56. The second kappa shape index (κ2) is 4.94. The smallest absolute Gasteiger partial charge is 0.258 e.